The third-order valence-electron chi connectivity index (χ3n) is 4.93. The van der Waals surface area contributed by atoms with Crippen LogP contribution >= 0.6 is 0 Å². The van der Waals surface area contributed by atoms with Gasteiger partial charge in [-0.3, -0.25) is 4.98 Å². The van der Waals surface area contributed by atoms with Gasteiger partial charge in [0.15, 0.2) is 0 Å². The highest BCUT2D eigenvalue weighted by Gasteiger charge is 2.20. The lowest BCUT2D eigenvalue weighted by Crippen LogP contribution is -2.38. The van der Waals surface area contributed by atoms with E-state index in [1.165, 1.54) is 12.8 Å². The van der Waals surface area contributed by atoms with E-state index in [0.717, 1.165) is 43.8 Å². The average Bonchev–Trinajstić information content (AvgIpc) is 2.60. The predicted molar refractivity (Wildman–Crippen MR) is 94.3 cm³/mol. The molecule has 2 heterocycles. The fraction of sp³-hybridized carbons (Fsp3) is 0.526. The van der Waals surface area contributed by atoms with Gasteiger partial charge in [-0.2, -0.15) is 0 Å². The summed E-state index contributed by atoms with van der Waals surface area (Å²) in [5.41, 5.74) is 1.84. The first kappa shape index (κ1) is 17.3. The lowest BCUT2D eigenvalue weighted by atomic mass is 9.96. The van der Waals surface area contributed by atoms with Gasteiger partial charge in [0.25, 0.3) is 0 Å². The van der Waals surface area contributed by atoms with Crippen LogP contribution in [0.2, 0.25) is 0 Å². The molecule has 0 atom stereocenters. The van der Waals surface area contributed by atoms with Crippen LogP contribution in [-0.2, 0) is 6.54 Å². The highest BCUT2D eigenvalue weighted by atomic mass is 19.1. The standard InChI is InChI=1S/C19H26FN3O/c1-22(13-15-6-9-23(10-7-15)11-12-24)14-16-4-5-18(20)17-3-2-8-21-19(16)17/h2-5,8,15,24H,6-7,9-14H2,1H3. The number of benzene rings is 1. The van der Waals surface area contributed by atoms with Gasteiger partial charge in [0.1, 0.15) is 5.82 Å². The summed E-state index contributed by atoms with van der Waals surface area (Å²) in [6, 6.07) is 6.96. The van der Waals surface area contributed by atoms with E-state index >= 15 is 0 Å². The molecular weight excluding hydrogens is 305 g/mol. The number of pyridine rings is 1. The number of β-amino-alcohol motifs (C(OH)–C–C–N with tert-alkyl or cyclic N) is 1. The molecule has 1 saturated heterocycles. The van der Waals surface area contributed by atoms with Crippen molar-refractivity contribution in [3.8, 4) is 0 Å². The summed E-state index contributed by atoms with van der Waals surface area (Å²) in [5, 5.41) is 9.62. The fourth-order valence-electron chi connectivity index (χ4n) is 3.65. The zero-order valence-corrected chi connectivity index (χ0v) is 14.3. The van der Waals surface area contributed by atoms with Gasteiger partial charge in [0.2, 0.25) is 0 Å². The van der Waals surface area contributed by atoms with Crippen LogP contribution in [0.5, 0.6) is 0 Å². The van der Waals surface area contributed by atoms with E-state index < -0.39 is 0 Å². The molecule has 130 valence electrons. The van der Waals surface area contributed by atoms with Crippen LogP contribution in [0.25, 0.3) is 10.9 Å². The van der Waals surface area contributed by atoms with Crippen molar-refractivity contribution >= 4 is 10.9 Å². The second-order valence-corrected chi connectivity index (χ2v) is 6.81. The maximum absolute atomic E-state index is 13.9. The van der Waals surface area contributed by atoms with Crippen molar-refractivity contribution in [2.75, 3.05) is 39.8 Å². The van der Waals surface area contributed by atoms with Crippen LogP contribution < -0.4 is 0 Å². The largest absolute Gasteiger partial charge is 0.395 e. The van der Waals surface area contributed by atoms with Gasteiger partial charge in [-0.1, -0.05) is 6.07 Å². The van der Waals surface area contributed by atoms with E-state index in [1.807, 2.05) is 6.07 Å². The molecule has 0 unspecified atom stereocenters. The van der Waals surface area contributed by atoms with Crippen molar-refractivity contribution in [1.82, 2.24) is 14.8 Å². The Morgan fingerprint density at radius 2 is 2.08 bits per heavy atom. The molecule has 0 bridgehead atoms. The number of aliphatic hydroxyl groups is 1. The van der Waals surface area contributed by atoms with E-state index in [0.29, 0.717) is 11.3 Å². The Hall–Kier alpha value is -1.56. The molecule has 0 aliphatic carbocycles. The number of aliphatic hydroxyl groups excluding tert-OH is 1. The smallest absolute Gasteiger partial charge is 0.132 e. The molecule has 1 aliphatic rings. The molecule has 0 spiro atoms. The van der Waals surface area contributed by atoms with Crippen molar-refractivity contribution in [3.63, 3.8) is 0 Å². The normalized spacial score (nSPS) is 17.0. The molecule has 0 amide bonds. The number of halogens is 1. The summed E-state index contributed by atoms with van der Waals surface area (Å²) in [4.78, 5) is 9.02. The second-order valence-electron chi connectivity index (χ2n) is 6.81. The van der Waals surface area contributed by atoms with Gasteiger partial charge in [-0.15, -0.1) is 0 Å². The van der Waals surface area contributed by atoms with Crippen LogP contribution in [0.1, 0.15) is 18.4 Å². The Kier molecular flexibility index (Phi) is 5.76. The van der Waals surface area contributed by atoms with Crippen molar-refractivity contribution < 1.29 is 9.50 Å². The average molecular weight is 331 g/mol. The molecule has 4 nitrogen and oxygen atoms in total. The van der Waals surface area contributed by atoms with E-state index in [1.54, 1.807) is 24.4 Å². The van der Waals surface area contributed by atoms with Crippen molar-refractivity contribution in [1.29, 1.82) is 0 Å². The van der Waals surface area contributed by atoms with Gasteiger partial charge < -0.3 is 14.9 Å². The van der Waals surface area contributed by atoms with Crippen LogP contribution in [0.15, 0.2) is 30.5 Å². The summed E-state index contributed by atoms with van der Waals surface area (Å²) in [6.07, 6.45) is 4.07. The Bertz CT molecular complexity index is 671. The zero-order chi connectivity index (χ0) is 16.9. The SMILES string of the molecule is CN(Cc1ccc(F)c2cccnc12)CC1CCN(CCO)CC1. The summed E-state index contributed by atoms with van der Waals surface area (Å²) in [6.45, 7) is 4.99. The number of rotatable bonds is 6. The van der Waals surface area contributed by atoms with E-state index in [9.17, 15) is 4.39 Å². The molecule has 0 saturated carbocycles. The molecule has 1 aliphatic heterocycles. The molecule has 3 rings (SSSR count). The highest BCUT2D eigenvalue weighted by Crippen LogP contribution is 2.22. The lowest BCUT2D eigenvalue weighted by molar-refractivity contribution is 0.129. The van der Waals surface area contributed by atoms with E-state index in [-0.39, 0.29) is 12.4 Å². The zero-order valence-electron chi connectivity index (χ0n) is 14.3. The number of hydrogen-bond donors (Lipinski definition) is 1. The lowest BCUT2D eigenvalue weighted by Gasteiger charge is -2.33. The van der Waals surface area contributed by atoms with Gasteiger partial charge in [-0.05, 0) is 62.7 Å². The number of fused-ring (bicyclic) bond motifs is 1. The van der Waals surface area contributed by atoms with Gasteiger partial charge in [-0.25, -0.2) is 4.39 Å². The van der Waals surface area contributed by atoms with Crippen molar-refractivity contribution in [3.05, 3.63) is 41.8 Å². The number of aromatic nitrogens is 1. The maximum Gasteiger partial charge on any atom is 0.132 e. The molecule has 24 heavy (non-hydrogen) atoms. The number of piperidine rings is 1. The summed E-state index contributed by atoms with van der Waals surface area (Å²) < 4.78 is 13.9. The summed E-state index contributed by atoms with van der Waals surface area (Å²) in [7, 11) is 2.12. The molecule has 1 fully saturated rings. The van der Waals surface area contributed by atoms with Gasteiger partial charge in [0.05, 0.1) is 12.1 Å². The summed E-state index contributed by atoms with van der Waals surface area (Å²) >= 11 is 0. The van der Waals surface area contributed by atoms with Gasteiger partial charge in [0, 0.05) is 31.2 Å². The highest BCUT2D eigenvalue weighted by molar-refractivity contribution is 5.82. The Morgan fingerprint density at radius 1 is 1.29 bits per heavy atom. The Balaban J connectivity index is 1.60. The Labute approximate surface area is 142 Å². The van der Waals surface area contributed by atoms with Crippen LogP contribution in [0, 0.1) is 11.7 Å². The topological polar surface area (TPSA) is 39.6 Å². The summed E-state index contributed by atoms with van der Waals surface area (Å²) in [5.74, 6) is 0.477. The number of likely N-dealkylation sites (tertiary alicyclic amines) is 1. The molecular formula is C19H26FN3O. The van der Waals surface area contributed by atoms with E-state index in [4.69, 9.17) is 5.11 Å². The fourth-order valence-corrected chi connectivity index (χ4v) is 3.65. The molecule has 1 aromatic carbocycles. The molecule has 1 aromatic heterocycles. The molecule has 5 heteroatoms. The van der Waals surface area contributed by atoms with Crippen molar-refractivity contribution in [2.24, 2.45) is 5.92 Å². The van der Waals surface area contributed by atoms with E-state index in [2.05, 4.69) is 21.8 Å². The van der Waals surface area contributed by atoms with Crippen LogP contribution in [-0.4, -0.2) is 59.7 Å². The second kappa shape index (κ2) is 8.01. The first-order valence-corrected chi connectivity index (χ1v) is 8.71. The first-order valence-electron chi connectivity index (χ1n) is 8.71. The third-order valence-corrected chi connectivity index (χ3v) is 4.93. The number of hydrogen-bond acceptors (Lipinski definition) is 4. The monoisotopic (exact) mass is 331 g/mol. The number of nitrogens with zero attached hydrogens (tertiary/aromatic N) is 3. The first-order chi connectivity index (χ1) is 11.7. The quantitative estimate of drug-likeness (QED) is 0.883. The van der Waals surface area contributed by atoms with Gasteiger partial charge >= 0.3 is 0 Å². The van der Waals surface area contributed by atoms with Crippen LogP contribution in [0.4, 0.5) is 4.39 Å². The maximum atomic E-state index is 13.9. The predicted octanol–water partition coefficient (Wildman–Crippen LogP) is 2.51. The Morgan fingerprint density at radius 3 is 2.83 bits per heavy atom. The van der Waals surface area contributed by atoms with Crippen molar-refractivity contribution in [2.45, 2.75) is 19.4 Å². The third kappa shape index (κ3) is 4.09. The minimum Gasteiger partial charge on any atom is -0.395 e. The molecule has 2 aromatic rings. The minimum atomic E-state index is -0.208. The van der Waals surface area contributed by atoms with Crippen LogP contribution in [0.3, 0.4) is 0 Å². The molecule has 0 radical (unpaired) electrons. The molecule has 1 N–H and O–H groups in total. The minimum absolute atomic E-state index is 0.208.